The third-order valence-electron chi connectivity index (χ3n) is 5.71. The Balaban J connectivity index is 1.29. The van der Waals surface area contributed by atoms with E-state index >= 15 is 0 Å². The highest BCUT2D eigenvalue weighted by molar-refractivity contribution is 5.44. The standard InChI is InChI=1S/C17H25N3/c1-2-14-11-13(1)12-17(14)19-15-5-9-20(10-6-15)16-3-7-18-8-4-16/h3-4,7-8,13-15,17,19H,1-2,5-6,9-12H2. The molecule has 0 radical (unpaired) electrons. The lowest BCUT2D eigenvalue weighted by Crippen LogP contribution is -2.47. The van der Waals surface area contributed by atoms with Crippen molar-refractivity contribution in [3.05, 3.63) is 24.5 Å². The summed E-state index contributed by atoms with van der Waals surface area (Å²) in [5.41, 5.74) is 1.33. The second-order valence-corrected chi connectivity index (χ2v) is 6.91. The third kappa shape index (κ3) is 2.44. The third-order valence-corrected chi connectivity index (χ3v) is 5.71. The molecule has 3 nitrogen and oxygen atoms in total. The van der Waals surface area contributed by atoms with Crippen molar-refractivity contribution in [3.63, 3.8) is 0 Å². The molecule has 3 heteroatoms. The van der Waals surface area contributed by atoms with Gasteiger partial charge in [-0.15, -0.1) is 0 Å². The molecule has 2 aliphatic carbocycles. The van der Waals surface area contributed by atoms with Crippen LogP contribution in [0.25, 0.3) is 0 Å². The number of piperidine rings is 1. The van der Waals surface area contributed by atoms with E-state index < -0.39 is 0 Å². The molecule has 0 amide bonds. The molecule has 3 atom stereocenters. The van der Waals surface area contributed by atoms with Gasteiger partial charge in [-0.25, -0.2) is 0 Å². The Morgan fingerprint density at radius 1 is 1.00 bits per heavy atom. The molecular weight excluding hydrogens is 246 g/mol. The zero-order valence-electron chi connectivity index (χ0n) is 12.2. The summed E-state index contributed by atoms with van der Waals surface area (Å²) in [6.45, 7) is 2.37. The van der Waals surface area contributed by atoms with Crippen LogP contribution in [0.4, 0.5) is 5.69 Å². The lowest BCUT2D eigenvalue weighted by atomic mass is 9.93. The van der Waals surface area contributed by atoms with Crippen molar-refractivity contribution in [1.82, 2.24) is 10.3 Å². The van der Waals surface area contributed by atoms with Crippen LogP contribution in [-0.2, 0) is 0 Å². The zero-order chi connectivity index (χ0) is 13.4. The SMILES string of the molecule is c1cc(N2CCC(NC3CC4CCC3C4)CC2)ccn1. The Morgan fingerprint density at radius 3 is 2.45 bits per heavy atom. The van der Waals surface area contributed by atoms with E-state index in [1.807, 2.05) is 12.4 Å². The molecule has 2 heterocycles. The maximum Gasteiger partial charge on any atom is 0.0397 e. The van der Waals surface area contributed by atoms with Crippen LogP contribution in [0.3, 0.4) is 0 Å². The first kappa shape index (κ1) is 12.6. The van der Waals surface area contributed by atoms with Gasteiger partial charge in [0.2, 0.25) is 0 Å². The quantitative estimate of drug-likeness (QED) is 0.916. The molecule has 20 heavy (non-hydrogen) atoms. The van der Waals surface area contributed by atoms with Crippen molar-refractivity contribution in [1.29, 1.82) is 0 Å². The Hall–Kier alpha value is -1.09. The van der Waals surface area contributed by atoms with E-state index in [2.05, 4.69) is 27.3 Å². The number of rotatable bonds is 3. The lowest BCUT2D eigenvalue weighted by molar-refractivity contribution is 0.292. The second kappa shape index (κ2) is 5.36. The normalized spacial score (nSPS) is 33.8. The van der Waals surface area contributed by atoms with Gasteiger partial charge in [-0.1, -0.05) is 6.42 Å². The number of hydrogen-bond acceptors (Lipinski definition) is 3. The van der Waals surface area contributed by atoms with Gasteiger partial charge in [0.05, 0.1) is 0 Å². The first-order valence-corrected chi connectivity index (χ1v) is 8.29. The molecule has 3 aliphatic rings. The number of pyridine rings is 1. The van der Waals surface area contributed by atoms with Crippen LogP contribution in [0.5, 0.6) is 0 Å². The summed E-state index contributed by atoms with van der Waals surface area (Å²) in [6.07, 6.45) is 12.3. The van der Waals surface area contributed by atoms with Gasteiger partial charge < -0.3 is 10.2 Å². The van der Waals surface area contributed by atoms with Crippen molar-refractivity contribution in [2.75, 3.05) is 18.0 Å². The molecule has 2 bridgehead atoms. The number of hydrogen-bond donors (Lipinski definition) is 1. The van der Waals surface area contributed by atoms with Crippen LogP contribution in [0.1, 0.15) is 38.5 Å². The molecule has 1 aromatic rings. The monoisotopic (exact) mass is 271 g/mol. The van der Waals surface area contributed by atoms with Crippen molar-refractivity contribution < 1.29 is 0 Å². The molecule has 2 saturated carbocycles. The van der Waals surface area contributed by atoms with Gasteiger partial charge in [0, 0.05) is 43.3 Å². The van der Waals surface area contributed by atoms with Crippen molar-refractivity contribution in [3.8, 4) is 0 Å². The van der Waals surface area contributed by atoms with Gasteiger partial charge in [-0.2, -0.15) is 0 Å². The number of nitrogens with one attached hydrogen (secondary N) is 1. The summed E-state index contributed by atoms with van der Waals surface area (Å²) < 4.78 is 0. The van der Waals surface area contributed by atoms with Crippen LogP contribution >= 0.6 is 0 Å². The highest BCUT2D eigenvalue weighted by Crippen LogP contribution is 2.44. The van der Waals surface area contributed by atoms with Crippen molar-refractivity contribution in [2.45, 2.75) is 50.6 Å². The molecule has 3 unspecified atom stereocenters. The maximum atomic E-state index is 4.11. The molecule has 4 rings (SSSR count). The van der Waals surface area contributed by atoms with E-state index in [9.17, 15) is 0 Å². The summed E-state index contributed by atoms with van der Waals surface area (Å²) in [7, 11) is 0. The predicted octanol–water partition coefficient (Wildman–Crippen LogP) is 2.83. The molecule has 1 N–H and O–H groups in total. The fraction of sp³-hybridized carbons (Fsp3) is 0.706. The summed E-state index contributed by atoms with van der Waals surface area (Å²) in [5, 5.41) is 3.98. The van der Waals surface area contributed by atoms with E-state index in [1.54, 1.807) is 0 Å². The fourth-order valence-corrected chi connectivity index (χ4v) is 4.61. The molecular formula is C17H25N3. The number of fused-ring (bicyclic) bond motifs is 2. The van der Waals surface area contributed by atoms with Crippen LogP contribution in [0.2, 0.25) is 0 Å². The number of anilines is 1. The molecule has 0 aromatic carbocycles. The molecule has 108 valence electrons. The Labute approximate surface area is 121 Å². The number of nitrogens with zero attached hydrogens (tertiary/aromatic N) is 2. The summed E-state index contributed by atoms with van der Waals surface area (Å²) in [4.78, 5) is 6.61. The van der Waals surface area contributed by atoms with Gasteiger partial charge in [0.15, 0.2) is 0 Å². The largest absolute Gasteiger partial charge is 0.371 e. The van der Waals surface area contributed by atoms with E-state index in [-0.39, 0.29) is 0 Å². The molecule has 0 spiro atoms. The minimum absolute atomic E-state index is 0.748. The highest BCUT2D eigenvalue weighted by atomic mass is 15.2. The predicted molar refractivity (Wildman–Crippen MR) is 81.8 cm³/mol. The highest BCUT2D eigenvalue weighted by Gasteiger charge is 2.40. The summed E-state index contributed by atoms with van der Waals surface area (Å²) >= 11 is 0. The first-order valence-electron chi connectivity index (χ1n) is 8.29. The van der Waals surface area contributed by atoms with Crippen LogP contribution in [-0.4, -0.2) is 30.2 Å². The van der Waals surface area contributed by atoms with Gasteiger partial charge in [-0.05, 0) is 56.1 Å². The van der Waals surface area contributed by atoms with Crippen LogP contribution in [0.15, 0.2) is 24.5 Å². The minimum Gasteiger partial charge on any atom is -0.371 e. The topological polar surface area (TPSA) is 28.2 Å². The van der Waals surface area contributed by atoms with E-state index in [1.165, 1.54) is 57.3 Å². The minimum atomic E-state index is 0.748. The Bertz CT molecular complexity index is 439. The zero-order valence-corrected chi connectivity index (χ0v) is 12.2. The Kier molecular flexibility index (Phi) is 3.39. The van der Waals surface area contributed by atoms with E-state index in [0.717, 1.165) is 23.9 Å². The summed E-state index contributed by atoms with van der Waals surface area (Å²) in [5.74, 6) is 2.05. The van der Waals surface area contributed by atoms with Crippen molar-refractivity contribution in [2.24, 2.45) is 11.8 Å². The average Bonchev–Trinajstić information content (AvgIpc) is 3.12. The maximum absolute atomic E-state index is 4.11. The van der Waals surface area contributed by atoms with E-state index in [0.29, 0.717) is 0 Å². The number of aromatic nitrogens is 1. The van der Waals surface area contributed by atoms with Crippen LogP contribution in [0, 0.1) is 11.8 Å². The van der Waals surface area contributed by atoms with Gasteiger partial charge >= 0.3 is 0 Å². The van der Waals surface area contributed by atoms with Gasteiger partial charge in [0.1, 0.15) is 0 Å². The summed E-state index contributed by atoms with van der Waals surface area (Å²) in [6, 6.07) is 5.84. The smallest absolute Gasteiger partial charge is 0.0397 e. The fourth-order valence-electron chi connectivity index (χ4n) is 4.61. The van der Waals surface area contributed by atoms with Crippen molar-refractivity contribution >= 4 is 5.69 Å². The van der Waals surface area contributed by atoms with Gasteiger partial charge in [-0.3, -0.25) is 4.98 Å². The molecule has 1 aromatic heterocycles. The molecule has 3 fully saturated rings. The van der Waals surface area contributed by atoms with Gasteiger partial charge in [0.25, 0.3) is 0 Å². The average molecular weight is 271 g/mol. The second-order valence-electron chi connectivity index (χ2n) is 6.91. The lowest BCUT2D eigenvalue weighted by Gasteiger charge is -2.36. The molecule has 1 saturated heterocycles. The van der Waals surface area contributed by atoms with Crippen LogP contribution < -0.4 is 10.2 Å². The van der Waals surface area contributed by atoms with E-state index in [4.69, 9.17) is 0 Å². The molecule has 1 aliphatic heterocycles. The Morgan fingerprint density at radius 2 is 1.80 bits per heavy atom. The first-order chi connectivity index (χ1) is 9.88.